The summed E-state index contributed by atoms with van der Waals surface area (Å²) in [6, 6.07) is 5.46. The van der Waals surface area contributed by atoms with Gasteiger partial charge in [-0.3, -0.25) is 9.78 Å². The lowest BCUT2D eigenvalue weighted by Crippen LogP contribution is -2.40. The molecule has 1 aliphatic rings. The zero-order chi connectivity index (χ0) is 11.4. The quantitative estimate of drug-likeness (QED) is 0.780. The Morgan fingerprint density at radius 1 is 1.56 bits per heavy atom. The first-order valence-electron chi connectivity index (χ1n) is 5.57. The second-order valence-corrected chi connectivity index (χ2v) is 4.78. The van der Waals surface area contributed by atoms with Crippen LogP contribution in [-0.4, -0.2) is 34.2 Å². The molecule has 0 bridgehead atoms. The van der Waals surface area contributed by atoms with Crippen LogP contribution in [0, 0.1) is 5.92 Å². The highest BCUT2D eigenvalue weighted by Gasteiger charge is 2.24. The maximum atomic E-state index is 12.1. The van der Waals surface area contributed by atoms with Crippen molar-refractivity contribution in [1.82, 2.24) is 9.88 Å². The Morgan fingerprint density at radius 3 is 3.12 bits per heavy atom. The van der Waals surface area contributed by atoms with Gasteiger partial charge < -0.3 is 4.90 Å². The highest BCUT2D eigenvalue weighted by Crippen LogP contribution is 2.19. The average molecular weight is 283 g/mol. The van der Waals surface area contributed by atoms with Gasteiger partial charge in [0.1, 0.15) is 5.69 Å². The molecule has 1 aromatic heterocycles. The van der Waals surface area contributed by atoms with Crippen molar-refractivity contribution in [2.24, 2.45) is 5.92 Å². The van der Waals surface area contributed by atoms with E-state index >= 15 is 0 Å². The van der Waals surface area contributed by atoms with Crippen LogP contribution in [0.2, 0.25) is 0 Å². The largest absolute Gasteiger partial charge is 0.337 e. The Labute approximate surface area is 104 Å². The molecule has 0 aliphatic carbocycles. The average Bonchev–Trinajstić information content (AvgIpc) is 2.39. The van der Waals surface area contributed by atoms with Crippen molar-refractivity contribution in [3.63, 3.8) is 0 Å². The van der Waals surface area contributed by atoms with E-state index < -0.39 is 0 Å². The molecule has 1 aliphatic heterocycles. The third kappa shape index (κ3) is 2.61. The molecular formula is C12H15BrN2O. The summed E-state index contributed by atoms with van der Waals surface area (Å²) in [6.45, 7) is 1.71. The van der Waals surface area contributed by atoms with Gasteiger partial charge >= 0.3 is 0 Å². The van der Waals surface area contributed by atoms with Gasteiger partial charge in [-0.15, -0.1) is 0 Å². The summed E-state index contributed by atoms with van der Waals surface area (Å²) in [5, 5.41) is 0.971. The molecule has 1 amide bonds. The zero-order valence-corrected chi connectivity index (χ0v) is 10.7. The number of likely N-dealkylation sites (tertiary alicyclic amines) is 1. The number of aromatic nitrogens is 1. The van der Waals surface area contributed by atoms with E-state index in [1.807, 2.05) is 17.0 Å². The Bertz CT molecular complexity index is 355. The van der Waals surface area contributed by atoms with E-state index in [0.717, 1.165) is 24.8 Å². The molecule has 16 heavy (non-hydrogen) atoms. The molecule has 1 fully saturated rings. The minimum atomic E-state index is 0.0613. The van der Waals surface area contributed by atoms with Crippen molar-refractivity contribution < 1.29 is 4.79 Å². The van der Waals surface area contributed by atoms with Gasteiger partial charge in [0.05, 0.1) is 0 Å². The number of carbonyl (C=O) groups excluding carboxylic acids is 1. The Kier molecular flexibility index (Phi) is 3.93. The monoisotopic (exact) mass is 282 g/mol. The van der Waals surface area contributed by atoms with Gasteiger partial charge in [-0.25, -0.2) is 0 Å². The normalized spacial score (nSPS) is 20.8. The molecule has 1 unspecified atom stereocenters. The first-order valence-corrected chi connectivity index (χ1v) is 6.69. The van der Waals surface area contributed by atoms with Crippen molar-refractivity contribution in [2.75, 3.05) is 18.4 Å². The van der Waals surface area contributed by atoms with Crippen LogP contribution in [0.25, 0.3) is 0 Å². The summed E-state index contributed by atoms with van der Waals surface area (Å²) in [6.07, 6.45) is 3.96. The number of hydrogen-bond donors (Lipinski definition) is 0. The van der Waals surface area contributed by atoms with Gasteiger partial charge in [0.25, 0.3) is 5.91 Å². The molecule has 3 nitrogen and oxygen atoms in total. The van der Waals surface area contributed by atoms with Gasteiger partial charge in [-0.2, -0.15) is 0 Å². The zero-order valence-electron chi connectivity index (χ0n) is 9.10. The fourth-order valence-electron chi connectivity index (χ4n) is 2.03. The van der Waals surface area contributed by atoms with Gasteiger partial charge in [-0.1, -0.05) is 22.0 Å². The summed E-state index contributed by atoms with van der Waals surface area (Å²) in [5.41, 5.74) is 0.553. The number of piperidine rings is 1. The summed E-state index contributed by atoms with van der Waals surface area (Å²) >= 11 is 3.49. The summed E-state index contributed by atoms with van der Waals surface area (Å²) in [7, 11) is 0. The van der Waals surface area contributed by atoms with Crippen LogP contribution in [0.3, 0.4) is 0 Å². The highest BCUT2D eigenvalue weighted by molar-refractivity contribution is 9.09. The van der Waals surface area contributed by atoms with Crippen molar-refractivity contribution >= 4 is 21.8 Å². The molecule has 0 radical (unpaired) electrons. The molecule has 86 valence electrons. The van der Waals surface area contributed by atoms with Crippen molar-refractivity contribution in [2.45, 2.75) is 12.8 Å². The molecule has 1 saturated heterocycles. The third-order valence-corrected chi connectivity index (χ3v) is 3.82. The molecular weight excluding hydrogens is 268 g/mol. The lowest BCUT2D eigenvalue weighted by atomic mass is 10.00. The first kappa shape index (κ1) is 11.6. The topological polar surface area (TPSA) is 33.2 Å². The van der Waals surface area contributed by atoms with E-state index in [4.69, 9.17) is 0 Å². The third-order valence-electron chi connectivity index (χ3n) is 2.91. The van der Waals surface area contributed by atoms with Gasteiger partial charge in [0, 0.05) is 24.6 Å². The number of rotatable bonds is 2. The number of halogens is 1. The Balaban J connectivity index is 2.05. The molecule has 0 spiro atoms. The lowest BCUT2D eigenvalue weighted by Gasteiger charge is -2.31. The maximum absolute atomic E-state index is 12.1. The predicted molar refractivity (Wildman–Crippen MR) is 66.7 cm³/mol. The van der Waals surface area contributed by atoms with Crippen LogP contribution in [-0.2, 0) is 0 Å². The summed E-state index contributed by atoms with van der Waals surface area (Å²) in [4.78, 5) is 18.1. The molecule has 0 aromatic carbocycles. The van der Waals surface area contributed by atoms with Gasteiger partial charge in [0.2, 0.25) is 0 Å². The molecule has 2 rings (SSSR count). The lowest BCUT2D eigenvalue weighted by molar-refractivity contribution is 0.0680. The Morgan fingerprint density at radius 2 is 2.44 bits per heavy atom. The van der Waals surface area contributed by atoms with Crippen LogP contribution in [0.5, 0.6) is 0 Å². The smallest absolute Gasteiger partial charge is 0.272 e. The number of amides is 1. The van der Waals surface area contributed by atoms with E-state index in [0.29, 0.717) is 11.6 Å². The van der Waals surface area contributed by atoms with Crippen LogP contribution in [0.4, 0.5) is 0 Å². The van der Waals surface area contributed by atoms with Crippen molar-refractivity contribution in [3.05, 3.63) is 30.1 Å². The SMILES string of the molecule is O=C(c1ccccn1)N1CCCC(CBr)C1. The van der Waals surface area contributed by atoms with E-state index in [1.165, 1.54) is 6.42 Å². The van der Waals surface area contributed by atoms with Crippen molar-refractivity contribution in [3.8, 4) is 0 Å². The van der Waals surface area contributed by atoms with Gasteiger partial charge in [-0.05, 0) is 30.9 Å². The van der Waals surface area contributed by atoms with E-state index in [1.54, 1.807) is 12.3 Å². The standard InChI is InChI=1S/C12H15BrN2O/c13-8-10-4-3-7-15(9-10)12(16)11-5-1-2-6-14-11/h1-2,5-6,10H,3-4,7-9H2. The summed E-state index contributed by atoms with van der Waals surface area (Å²) < 4.78 is 0. The maximum Gasteiger partial charge on any atom is 0.272 e. The van der Waals surface area contributed by atoms with Crippen LogP contribution in [0.15, 0.2) is 24.4 Å². The van der Waals surface area contributed by atoms with Gasteiger partial charge in [0.15, 0.2) is 0 Å². The fraction of sp³-hybridized carbons (Fsp3) is 0.500. The fourth-order valence-corrected chi connectivity index (χ4v) is 2.56. The second-order valence-electron chi connectivity index (χ2n) is 4.13. The minimum Gasteiger partial charge on any atom is -0.337 e. The van der Waals surface area contributed by atoms with Crippen LogP contribution >= 0.6 is 15.9 Å². The van der Waals surface area contributed by atoms with E-state index in [2.05, 4.69) is 20.9 Å². The highest BCUT2D eigenvalue weighted by atomic mass is 79.9. The number of alkyl halides is 1. The van der Waals surface area contributed by atoms with Crippen LogP contribution in [0.1, 0.15) is 23.3 Å². The Hall–Kier alpha value is -0.900. The second kappa shape index (κ2) is 5.43. The molecule has 1 atom stereocenters. The van der Waals surface area contributed by atoms with E-state index in [-0.39, 0.29) is 5.91 Å². The summed E-state index contributed by atoms with van der Waals surface area (Å²) in [5.74, 6) is 0.646. The first-order chi connectivity index (χ1) is 7.81. The molecule has 1 aromatic rings. The predicted octanol–water partition coefficient (Wildman–Crippen LogP) is 2.33. The van der Waals surface area contributed by atoms with Crippen molar-refractivity contribution in [1.29, 1.82) is 0 Å². The number of carbonyl (C=O) groups is 1. The number of nitrogens with zero attached hydrogens (tertiary/aromatic N) is 2. The molecule has 4 heteroatoms. The number of pyridine rings is 1. The minimum absolute atomic E-state index is 0.0613. The molecule has 2 heterocycles. The molecule has 0 N–H and O–H groups in total. The van der Waals surface area contributed by atoms with E-state index in [9.17, 15) is 4.79 Å². The van der Waals surface area contributed by atoms with Crippen LogP contribution < -0.4 is 0 Å². The number of hydrogen-bond acceptors (Lipinski definition) is 2. The molecule has 0 saturated carbocycles.